The van der Waals surface area contributed by atoms with Crippen LogP contribution in [0, 0.1) is 18.7 Å². The van der Waals surface area contributed by atoms with Gasteiger partial charge in [-0.3, -0.25) is 10.3 Å². The number of hydrogen-bond acceptors (Lipinski definition) is 6. The Morgan fingerprint density at radius 3 is 2.76 bits per heavy atom. The largest absolute Gasteiger partial charge is 0.368 e. The lowest BCUT2D eigenvalue weighted by Crippen LogP contribution is -2.22. The topological polar surface area (TPSA) is 86.0 Å². The number of anilines is 1. The molecule has 1 aliphatic rings. The van der Waals surface area contributed by atoms with E-state index in [1.807, 2.05) is 13.0 Å². The van der Waals surface area contributed by atoms with Gasteiger partial charge in [-0.1, -0.05) is 12.1 Å². The first kappa shape index (κ1) is 18.9. The molecule has 1 aromatic carbocycles. The molecule has 0 aliphatic heterocycles. The molecule has 3 N–H and O–H groups in total. The van der Waals surface area contributed by atoms with Gasteiger partial charge in [0.15, 0.2) is 0 Å². The van der Waals surface area contributed by atoms with Gasteiger partial charge in [-0.15, -0.1) is 0 Å². The summed E-state index contributed by atoms with van der Waals surface area (Å²) in [7, 11) is 1.51. The molecule has 148 valence electrons. The highest BCUT2D eigenvalue weighted by molar-refractivity contribution is 5.74. The van der Waals surface area contributed by atoms with Crippen LogP contribution in [0.15, 0.2) is 42.6 Å². The number of nitrogens with one attached hydrogen (secondary N) is 1. The Balaban J connectivity index is 1.88. The van der Waals surface area contributed by atoms with Crippen LogP contribution < -0.4 is 11.2 Å². The van der Waals surface area contributed by atoms with Gasteiger partial charge >= 0.3 is 0 Å². The molecule has 4 rings (SSSR count). The number of allylic oxidation sites excluding steroid dienone is 1. The van der Waals surface area contributed by atoms with Gasteiger partial charge in [0, 0.05) is 29.7 Å². The van der Waals surface area contributed by atoms with Crippen LogP contribution in [-0.4, -0.2) is 22.1 Å². The minimum atomic E-state index is -0.655. The Morgan fingerprint density at radius 1 is 1.17 bits per heavy atom. The third-order valence-corrected chi connectivity index (χ3v) is 4.91. The van der Waals surface area contributed by atoms with E-state index < -0.39 is 11.8 Å². The van der Waals surface area contributed by atoms with Crippen molar-refractivity contribution in [2.75, 3.05) is 12.8 Å². The predicted octanol–water partition coefficient (Wildman–Crippen LogP) is 3.54. The summed E-state index contributed by atoms with van der Waals surface area (Å²) in [6, 6.07) is 7.54. The fourth-order valence-corrected chi connectivity index (χ4v) is 3.77. The van der Waals surface area contributed by atoms with Crippen LogP contribution in [0.2, 0.25) is 0 Å². The van der Waals surface area contributed by atoms with Gasteiger partial charge in [0.05, 0.1) is 24.2 Å². The van der Waals surface area contributed by atoms with E-state index in [4.69, 9.17) is 10.6 Å². The number of hydrogen-bond donors (Lipinski definition) is 2. The van der Waals surface area contributed by atoms with Crippen molar-refractivity contribution in [1.29, 1.82) is 0 Å². The summed E-state index contributed by atoms with van der Waals surface area (Å²) in [5.41, 5.74) is 13.1. The van der Waals surface area contributed by atoms with Crippen LogP contribution in [0.4, 0.5) is 14.7 Å². The summed E-state index contributed by atoms with van der Waals surface area (Å²) in [6.45, 7) is 1.84. The second-order valence-corrected chi connectivity index (χ2v) is 6.76. The second-order valence-electron chi connectivity index (χ2n) is 6.76. The Hall–Kier alpha value is -3.39. The molecule has 2 heterocycles. The van der Waals surface area contributed by atoms with Gasteiger partial charge < -0.3 is 5.73 Å². The Kier molecular flexibility index (Phi) is 4.94. The molecule has 1 aliphatic carbocycles. The fourth-order valence-electron chi connectivity index (χ4n) is 3.77. The first-order valence-electron chi connectivity index (χ1n) is 9.02. The zero-order valence-electron chi connectivity index (χ0n) is 15.9. The maximum absolute atomic E-state index is 14.4. The molecule has 0 fully saturated rings. The normalized spacial score (nSPS) is 15.6. The number of hydroxylamine groups is 1. The van der Waals surface area contributed by atoms with E-state index in [0.29, 0.717) is 17.7 Å². The van der Waals surface area contributed by atoms with Crippen LogP contribution >= 0.6 is 0 Å². The number of aromatic nitrogens is 3. The first-order valence-corrected chi connectivity index (χ1v) is 9.02. The van der Waals surface area contributed by atoms with Crippen LogP contribution in [0.5, 0.6) is 0 Å². The average Bonchev–Trinajstić information content (AvgIpc) is 2.67. The number of pyridine rings is 1. The molecular formula is C21H19F2N5O. The van der Waals surface area contributed by atoms with E-state index in [-0.39, 0.29) is 17.4 Å². The molecule has 0 saturated carbocycles. The molecule has 0 unspecified atom stereocenters. The molecule has 0 amide bonds. The first-order chi connectivity index (χ1) is 14.0. The summed E-state index contributed by atoms with van der Waals surface area (Å²) in [5.74, 6) is -1.15. The zero-order chi connectivity index (χ0) is 20.5. The van der Waals surface area contributed by atoms with Crippen molar-refractivity contribution < 1.29 is 13.6 Å². The number of nitrogens with two attached hydrogens (primary N) is 1. The van der Waals surface area contributed by atoms with Crippen molar-refractivity contribution >= 4 is 11.6 Å². The Bertz CT molecular complexity index is 1120. The molecule has 0 radical (unpaired) electrons. The summed E-state index contributed by atoms with van der Waals surface area (Å²) in [4.78, 5) is 17.4. The molecule has 8 heteroatoms. The monoisotopic (exact) mass is 395 g/mol. The lowest BCUT2D eigenvalue weighted by molar-refractivity contribution is 0.136. The van der Waals surface area contributed by atoms with Crippen molar-refractivity contribution in [2.24, 2.45) is 0 Å². The molecule has 29 heavy (non-hydrogen) atoms. The minimum absolute atomic E-state index is 0.177. The van der Waals surface area contributed by atoms with E-state index in [2.05, 4.69) is 20.4 Å². The molecule has 3 aromatic rings. The molecule has 6 nitrogen and oxygen atoms in total. The third kappa shape index (κ3) is 3.54. The van der Waals surface area contributed by atoms with Gasteiger partial charge in [-0.25, -0.2) is 19.3 Å². The van der Waals surface area contributed by atoms with E-state index in [9.17, 15) is 8.78 Å². The Morgan fingerprint density at radius 2 is 2.00 bits per heavy atom. The van der Waals surface area contributed by atoms with Crippen LogP contribution in [0.25, 0.3) is 16.8 Å². The van der Waals surface area contributed by atoms with Crippen molar-refractivity contribution in [3.63, 3.8) is 0 Å². The summed E-state index contributed by atoms with van der Waals surface area (Å²) in [5, 5.41) is 0. The van der Waals surface area contributed by atoms with Crippen LogP contribution in [0.1, 0.15) is 28.4 Å². The van der Waals surface area contributed by atoms with E-state index in [1.165, 1.54) is 25.4 Å². The Labute approximate surface area is 166 Å². The van der Waals surface area contributed by atoms with Crippen molar-refractivity contribution in [3.8, 4) is 11.1 Å². The SMILES string of the molecule is CONC1=C[C@@H](c2ccc(F)cc2-c2cccnc2F)Cc2nc(N)nc(C)c21. The maximum atomic E-state index is 14.4. The van der Waals surface area contributed by atoms with Crippen molar-refractivity contribution in [1.82, 2.24) is 20.4 Å². The summed E-state index contributed by atoms with van der Waals surface area (Å²) >= 11 is 0. The van der Waals surface area contributed by atoms with Crippen LogP contribution in [0.3, 0.4) is 0 Å². The molecule has 2 aromatic heterocycles. The molecular weight excluding hydrogens is 376 g/mol. The van der Waals surface area contributed by atoms with E-state index in [1.54, 1.807) is 18.2 Å². The third-order valence-electron chi connectivity index (χ3n) is 4.91. The second kappa shape index (κ2) is 7.56. The van der Waals surface area contributed by atoms with Gasteiger partial charge in [0.25, 0.3) is 0 Å². The number of nitrogens with zero attached hydrogens (tertiary/aromatic N) is 3. The molecule has 0 saturated heterocycles. The number of nitrogen functional groups attached to an aromatic ring is 1. The molecule has 1 atom stereocenters. The summed E-state index contributed by atoms with van der Waals surface area (Å²) < 4.78 is 28.4. The highest BCUT2D eigenvalue weighted by Gasteiger charge is 2.27. The number of halogens is 2. The maximum Gasteiger partial charge on any atom is 0.220 e. The van der Waals surface area contributed by atoms with E-state index >= 15 is 0 Å². The number of rotatable bonds is 4. The van der Waals surface area contributed by atoms with Gasteiger partial charge in [-0.05, 0) is 42.3 Å². The molecule has 0 spiro atoms. The number of benzene rings is 1. The minimum Gasteiger partial charge on any atom is -0.368 e. The zero-order valence-corrected chi connectivity index (χ0v) is 15.9. The molecule has 0 bridgehead atoms. The van der Waals surface area contributed by atoms with E-state index in [0.717, 1.165) is 22.5 Å². The quantitative estimate of drug-likeness (QED) is 0.519. The smallest absolute Gasteiger partial charge is 0.220 e. The van der Waals surface area contributed by atoms with Crippen molar-refractivity contribution in [3.05, 3.63) is 76.9 Å². The lowest BCUT2D eigenvalue weighted by Gasteiger charge is -2.26. The van der Waals surface area contributed by atoms with Gasteiger partial charge in [0.1, 0.15) is 5.82 Å². The standard InChI is InChI=1S/C21H19F2N5O/c1-11-19-17(27-21(24)26-11)8-12(9-18(19)28-29-2)14-6-5-13(22)10-16(14)15-4-3-7-25-20(15)23/h3-7,9-10,12,28H,8H2,1-2H3,(H2,24,26,27)/t12-/m0/s1. The predicted molar refractivity (Wildman–Crippen MR) is 105 cm³/mol. The number of aryl methyl sites for hydroxylation is 1. The van der Waals surface area contributed by atoms with Crippen molar-refractivity contribution in [2.45, 2.75) is 19.3 Å². The number of fused-ring (bicyclic) bond motifs is 1. The van der Waals surface area contributed by atoms with Gasteiger partial charge in [0.2, 0.25) is 11.9 Å². The van der Waals surface area contributed by atoms with Crippen LogP contribution in [-0.2, 0) is 11.3 Å². The average molecular weight is 395 g/mol. The van der Waals surface area contributed by atoms with Gasteiger partial charge in [-0.2, -0.15) is 4.39 Å². The highest BCUT2D eigenvalue weighted by atomic mass is 19.1. The summed E-state index contributed by atoms with van der Waals surface area (Å²) in [6.07, 6.45) is 3.80. The fraction of sp³-hybridized carbons (Fsp3) is 0.190. The lowest BCUT2D eigenvalue weighted by atomic mass is 9.82. The highest BCUT2D eigenvalue weighted by Crippen LogP contribution is 2.39.